The monoisotopic (exact) mass is 406 g/mol. The molecule has 1 heterocycles. The van der Waals surface area contributed by atoms with Gasteiger partial charge < -0.3 is 10.1 Å². The van der Waals surface area contributed by atoms with Crippen LogP contribution in [-0.4, -0.2) is 18.0 Å². The van der Waals surface area contributed by atoms with Gasteiger partial charge in [-0.2, -0.15) is 0 Å². The van der Waals surface area contributed by atoms with Gasteiger partial charge >= 0.3 is 0 Å². The van der Waals surface area contributed by atoms with E-state index in [1.807, 2.05) is 48.7 Å². The van der Waals surface area contributed by atoms with Crippen molar-refractivity contribution in [2.75, 3.05) is 12.4 Å². The molecule has 0 fully saturated rings. The van der Waals surface area contributed by atoms with Crippen molar-refractivity contribution < 1.29 is 13.9 Å². The summed E-state index contributed by atoms with van der Waals surface area (Å²) in [5, 5.41) is 7.36. The molecule has 29 heavy (non-hydrogen) atoms. The predicted molar refractivity (Wildman–Crippen MR) is 115 cm³/mol. The Hall–Kier alpha value is -3.25. The van der Waals surface area contributed by atoms with Crippen LogP contribution in [-0.2, 0) is 4.79 Å². The lowest BCUT2D eigenvalue weighted by Gasteiger charge is -2.12. The number of carbonyl (C=O) groups is 1. The van der Waals surface area contributed by atoms with E-state index in [0.717, 1.165) is 27.6 Å². The fourth-order valence-electron chi connectivity index (χ4n) is 3.09. The van der Waals surface area contributed by atoms with Crippen LogP contribution in [0.4, 0.5) is 9.52 Å². The van der Waals surface area contributed by atoms with Gasteiger partial charge in [0.05, 0.1) is 18.7 Å². The summed E-state index contributed by atoms with van der Waals surface area (Å²) in [7, 11) is 1.64. The molecule has 6 heteroatoms. The van der Waals surface area contributed by atoms with Crippen molar-refractivity contribution in [2.24, 2.45) is 0 Å². The predicted octanol–water partition coefficient (Wildman–Crippen LogP) is 5.85. The minimum Gasteiger partial charge on any atom is -0.497 e. The number of benzene rings is 3. The van der Waals surface area contributed by atoms with Crippen molar-refractivity contribution in [1.82, 2.24) is 4.98 Å². The number of anilines is 1. The molecule has 0 aliphatic rings. The number of aromatic nitrogens is 1. The van der Waals surface area contributed by atoms with Crippen molar-refractivity contribution >= 4 is 33.1 Å². The topological polar surface area (TPSA) is 51.2 Å². The number of rotatable bonds is 5. The molecule has 4 aromatic rings. The molecular weight excluding hydrogens is 387 g/mol. The summed E-state index contributed by atoms with van der Waals surface area (Å²) in [5.41, 5.74) is 2.44. The fourth-order valence-corrected chi connectivity index (χ4v) is 3.81. The second kappa shape index (κ2) is 8.01. The number of hydrogen-bond acceptors (Lipinski definition) is 4. The van der Waals surface area contributed by atoms with Crippen molar-refractivity contribution in [3.63, 3.8) is 0 Å². The Kier molecular flexibility index (Phi) is 5.27. The summed E-state index contributed by atoms with van der Waals surface area (Å²) < 4.78 is 18.3. The molecular formula is C23H19FN2O2S. The SMILES string of the molecule is COc1ccc2cc(C(C)C(=O)Nc3nc(-c4ccc(F)cc4)cs3)ccc2c1. The van der Waals surface area contributed by atoms with E-state index in [9.17, 15) is 9.18 Å². The number of nitrogens with zero attached hydrogens (tertiary/aromatic N) is 1. The third-order valence-electron chi connectivity index (χ3n) is 4.84. The van der Waals surface area contributed by atoms with Crippen molar-refractivity contribution in [3.05, 3.63) is 77.4 Å². The molecule has 146 valence electrons. The minimum absolute atomic E-state index is 0.127. The maximum absolute atomic E-state index is 13.1. The molecule has 1 N–H and O–H groups in total. The smallest absolute Gasteiger partial charge is 0.233 e. The summed E-state index contributed by atoms with van der Waals surface area (Å²) in [6.45, 7) is 1.87. The molecule has 1 atom stereocenters. The number of amides is 1. The van der Waals surface area contributed by atoms with Gasteiger partial charge in [-0.15, -0.1) is 11.3 Å². The third-order valence-corrected chi connectivity index (χ3v) is 5.60. The molecule has 0 spiro atoms. The molecule has 0 saturated heterocycles. The van der Waals surface area contributed by atoms with Gasteiger partial charge in [-0.3, -0.25) is 4.79 Å². The van der Waals surface area contributed by atoms with Crippen LogP contribution >= 0.6 is 11.3 Å². The molecule has 4 rings (SSSR count). The lowest BCUT2D eigenvalue weighted by atomic mass is 9.97. The van der Waals surface area contributed by atoms with Crippen LogP contribution in [0.5, 0.6) is 5.75 Å². The van der Waals surface area contributed by atoms with E-state index in [0.29, 0.717) is 10.8 Å². The number of halogens is 1. The molecule has 4 nitrogen and oxygen atoms in total. The molecule has 0 bridgehead atoms. The minimum atomic E-state index is -0.334. The lowest BCUT2D eigenvalue weighted by Crippen LogP contribution is -2.18. The first-order valence-electron chi connectivity index (χ1n) is 9.13. The van der Waals surface area contributed by atoms with Crippen LogP contribution in [0, 0.1) is 5.82 Å². The zero-order valence-corrected chi connectivity index (χ0v) is 16.8. The van der Waals surface area contributed by atoms with Crippen molar-refractivity contribution in [3.8, 4) is 17.0 Å². The van der Waals surface area contributed by atoms with Gasteiger partial charge in [0.15, 0.2) is 5.13 Å². The Bertz CT molecular complexity index is 1170. The highest BCUT2D eigenvalue weighted by atomic mass is 32.1. The van der Waals surface area contributed by atoms with Gasteiger partial charge in [0.1, 0.15) is 11.6 Å². The standard InChI is InChI=1S/C23H19FN2O2S/c1-14(16-3-4-18-12-20(28-2)10-7-17(18)11-16)22(27)26-23-25-21(13-29-23)15-5-8-19(24)9-6-15/h3-14H,1-2H3,(H,25,26,27). The van der Waals surface area contributed by atoms with Gasteiger partial charge in [0, 0.05) is 10.9 Å². The molecule has 1 amide bonds. The molecule has 1 aromatic heterocycles. The summed E-state index contributed by atoms with van der Waals surface area (Å²) in [6, 6.07) is 18.0. The van der Waals surface area contributed by atoms with Gasteiger partial charge in [0.2, 0.25) is 5.91 Å². The van der Waals surface area contributed by atoms with Crippen LogP contribution in [0.3, 0.4) is 0 Å². The number of nitrogens with one attached hydrogen (secondary N) is 1. The second-order valence-electron chi connectivity index (χ2n) is 6.73. The quantitative estimate of drug-likeness (QED) is 0.452. The van der Waals surface area contributed by atoms with Crippen LogP contribution in [0.2, 0.25) is 0 Å². The molecule has 0 radical (unpaired) electrons. The van der Waals surface area contributed by atoms with Crippen molar-refractivity contribution in [1.29, 1.82) is 0 Å². The maximum Gasteiger partial charge on any atom is 0.233 e. The van der Waals surface area contributed by atoms with E-state index in [1.165, 1.54) is 23.5 Å². The second-order valence-corrected chi connectivity index (χ2v) is 7.59. The molecule has 1 unspecified atom stereocenters. The highest BCUT2D eigenvalue weighted by Crippen LogP contribution is 2.28. The zero-order chi connectivity index (χ0) is 20.4. The zero-order valence-electron chi connectivity index (χ0n) is 16.0. The molecule has 0 saturated carbocycles. The van der Waals surface area contributed by atoms with E-state index in [4.69, 9.17) is 4.74 Å². The van der Waals surface area contributed by atoms with E-state index in [1.54, 1.807) is 19.2 Å². The molecule has 0 aliphatic carbocycles. The van der Waals surface area contributed by atoms with Crippen LogP contribution in [0.1, 0.15) is 18.4 Å². The Morgan fingerprint density at radius 1 is 1.07 bits per heavy atom. The highest BCUT2D eigenvalue weighted by molar-refractivity contribution is 7.14. The largest absolute Gasteiger partial charge is 0.497 e. The Morgan fingerprint density at radius 3 is 2.55 bits per heavy atom. The number of fused-ring (bicyclic) bond motifs is 1. The van der Waals surface area contributed by atoms with Crippen molar-refractivity contribution in [2.45, 2.75) is 12.8 Å². The Balaban J connectivity index is 1.49. The van der Waals surface area contributed by atoms with Gasteiger partial charge in [-0.05, 0) is 59.7 Å². The first-order chi connectivity index (χ1) is 14.0. The first-order valence-corrected chi connectivity index (χ1v) is 10.0. The van der Waals surface area contributed by atoms with Gasteiger partial charge in [-0.25, -0.2) is 9.37 Å². The van der Waals surface area contributed by atoms with Gasteiger partial charge in [-0.1, -0.05) is 24.3 Å². The summed E-state index contributed by atoms with van der Waals surface area (Å²) in [6.07, 6.45) is 0. The summed E-state index contributed by atoms with van der Waals surface area (Å²) >= 11 is 1.35. The summed E-state index contributed by atoms with van der Waals surface area (Å²) in [4.78, 5) is 17.2. The van der Waals surface area contributed by atoms with E-state index < -0.39 is 0 Å². The van der Waals surface area contributed by atoms with E-state index in [-0.39, 0.29) is 17.6 Å². The fraction of sp³-hybridized carbons (Fsp3) is 0.130. The number of hydrogen-bond donors (Lipinski definition) is 1. The first kappa shape index (κ1) is 19.1. The number of carbonyl (C=O) groups excluding carboxylic acids is 1. The lowest BCUT2D eigenvalue weighted by molar-refractivity contribution is -0.117. The Morgan fingerprint density at radius 2 is 1.79 bits per heavy atom. The Labute approximate surface area is 172 Å². The molecule has 3 aromatic carbocycles. The average Bonchev–Trinajstić information content (AvgIpc) is 3.21. The average molecular weight is 406 g/mol. The number of methoxy groups -OCH3 is 1. The van der Waals surface area contributed by atoms with E-state index in [2.05, 4.69) is 10.3 Å². The maximum atomic E-state index is 13.1. The van der Waals surface area contributed by atoms with Crippen LogP contribution in [0.25, 0.3) is 22.0 Å². The van der Waals surface area contributed by atoms with Gasteiger partial charge in [0.25, 0.3) is 0 Å². The number of thiazole rings is 1. The van der Waals surface area contributed by atoms with Crippen LogP contribution in [0.15, 0.2) is 66.0 Å². The summed E-state index contributed by atoms with van der Waals surface area (Å²) in [5.74, 6) is 0.0504. The third kappa shape index (κ3) is 4.12. The number of ether oxygens (including phenoxy) is 1. The van der Waals surface area contributed by atoms with Crippen LogP contribution < -0.4 is 10.1 Å². The van der Waals surface area contributed by atoms with E-state index >= 15 is 0 Å². The highest BCUT2D eigenvalue weighted by Gasteiger charge is 2.17. The normalized spacial score (nSPS) is 12.0. The molecule has 0 aliphatic heterocycles.